The smallest absolute Gasteiger partial charge is 0.341 e. The van der Waals surface area contributed by atoms with E-state index in [0.29, 0.717) is 11.3 Å². The van der Waals surface area contributed by atoms with E-state index in [9.17, 15) is 9.18 Å². The summed E-state index contributed by atoms with van der Waals surface area (Å²) in [7, 11) is 1.28. The van der Waals surface area contributed by atoms with Crippen molar-refractivity contribution in [1.29, 1.82) is 0 Å². The Hall–Kier alpha value is -2.56. The second-order valence-electron chi connectivity index (χ2n) is 4.13. The number of nitrogens with two attached hydrogens (primary N) is 1. The molecule has 2 aromatic rings. The molecule has 5 heteroatoms. The van der Waals surface area contributed by atoms with Crippen LogP contribution in [0.25, 0.3) is 0 Å². The van der Waals surface area contributed by atoms with E-state index in [0.717, 1.165) is 0 Å². The molecule has 0 fully saturated rings. The van der Waals surface area contributed by atoms with Gasteiger partial charge in [-0.05, 0) is 18.2 Å². The Labute approximate surface area is 115 Å². The normalized spacial score (nSPS) is 10.1. The zero-order valence-electron chi connectivity index (χ0n) is 10.9. The van der Waals surface area contributed by atoms with Gasteiger partial charge >= 0.3 is 5.97 Å². The fraction of sp³-hybridized carbons (Fsp3) is 0.133. The van der Waals surface area contributed by atoms with E-state index in [1.165, 1.54) is 25.3 Å². The van der Waals surface area contributed by atoms with Crippen molar-refractivity contribution in [3.8, 4) is 5.75 Å². The van der Waals surface area contributed by atoms with Gasteiger partial charge in [0.1, 0.15) is 23.7 Å². The fourth-order valence-electron chi connectivity index (χ4n) is 1.71. The van der Waals surface area contributed by atoms with Gasteiger partial charge in [0, 0.05) is 17.3 Å². The van der Waals surface area contributed by atoms with Crippen LogP contribution in [0.4, 0.5) is 10.1 Å². The summed E-state index contributed by atoms with van der Waals surface area (Å²) in [6.07, 6.45) is 0. The van der Waals surface area contributed by atoms with Gasteiger partial charge < -0.3 is 15.2 Å². The van der Waals surface area contributed by atoms with Crippen LogP contribution < -0.4 is 10.5 Å². The molecule has 20 heavy (non-hydrogen) atoms. The summed E-state index contributed by atoms with van der Waals surface area (Å²) in [6.45, 7) is 0.000120. The first-order valence-electron chi connectivity index (χ1n) is 5.96. The minimum Gasteiger partial charge on any atom is -0.488 e. The zero-order chi connectivity index (χ0) is 14.5. The molecule has 104 valence electrons. The Morgan fingerprint density at radius 3 is 2.70 bits per heavy atom. The number of esters is 1. The Morgan fingerprint density at radius 1 is 1.25 bits per heavy atom. The first-order valence-corrected chi connectivity index (χ1v) is 5.96. The summed E-state index contributed by atoms with van der Waals surface area (Å²) in [5.41, 5.74) is 6.75. The maximum Gasteiger partial charge on any atom is 0.341 e. The molecular formula is C15H14FNO3. The average molecular weight is 275 g/mol. The summed E-state index contributed by atoms with van der Waals surface area (Å²) in [5, 5.41) is 0. The molecule has 0 aliphatic carbocycles. The predicted molar refractivity (Wildman–Crippen MR) is 72.9 cm³/mol. The highest BCUT2D eigenvalue weighted by molar-refractivity contribution is 5.93. The molecule has 0 amide bonds. The van der Waals surface area contributed by atoms with Crippen molar-refractivity contribution in [3.63, 3.8) is 0 Å². The molecule has 2 N–H and O–H groups in total. The number of hydrogen-bond acceptors (Lipinski definition) is 4. The van der Waals surface area contributed by atoms with E-state index >= 15 is 0 Å². The summed E-state index contributed by atoms with van der Waals surface area (Å²) >= 11 is 0. The van der Waals surface area contributed by atoms with Crippen LogP contribution in [0.1, 0.15) is 15.9 Å². The van der Waals surface area contributed by atoms with Crippen LogP contribution in [0.5, 0.6) is 5.75 Å². The van der Waals surface area contributed by atoms with Crippen LogP contribution >= 0.6 is 0 Å². The van der Waals surface area contributed by atoms with Crippen molar-refractivity contribution < 1.29 is 18.7 Å². The van der Waals surface area contributed by atoms with E-state index in [2.05, 4.69) is 4.74 Å². The first-order chi connectivity index (χ1) is 9.61. The Bertz CT molecular complexity index is 628. The lowest BCUT2D eigenvalue weighted by atomic mass is 10.2. The Balaban J connectivity index is 2.22. The number of benzene rings is 2. The summed E-state index contributed by atoms with van der Waals surface area (Å²) < 4.78 is 23.6. The van der Waals surface area contributed by atoms with Crippen molar-refractivity contribution in [2.45, 2.75) is 6.61 Å². The Kier molecular flexibility index (Phi) is 4.20. The van der Waals surface area contributed by atoms with Crippen molar-refractivity contribution in [2.24, 2.45) is 0 Å². The minimum atomic E-state index is -0.534. The zero-order valence-corrected chi connectivity index (χ0v) is 10.9. The number of anilines is 1. The lowest BCUT2D eigenvalue weighted by molar-refractivity contribution is 0.0595. The second kappa shape index (κ2) is 6.06. The van der Waals surface area contributed by atoms with Gasteiger partial charge in [0.05, 0.1) is 7.11 Å². The van der Waals surface area contributed by atoms with Gasteiger partial charge in [-0.2, -0.15) is 0 Å². The number of ether oxygens (including phenoxy) is 2. The second-order valence-corrected chi connectivity index (χ2v) is 4.13. The molecule has 0 aliphatic heterocycles. The largest absolute Gasteiger partial charge is 0.488 e. The molecule has 0 bridgehead atoms. The van der Waals surface area contributed by atoms with Gasteiger partial charge in [0.2, 0.25) is 0 Å². The number of carbonyl (C=O) groups excluding carboxylic acids is 1. The van der Waals surface area contributed by atoms with E-state index in [1.807, 2.05) is 0 Å². The van der Waals surface area contributed by atoms with Crippen LogP contribution in [-0.4, -0.2) is 13.1 Å². The molecule has 0 atom stereocenters. The van der Waals surface area contributed by atoms with Gasteiger partial charge in [-0.25, -0.2) is 9.18 Å². The van der Waals surface area contributed by atoms with Gasteiger partial charge in [0.15, 0.2) is 0 Å². The first kappa shape index (κ1) is 13.9. The summed E-state index contributed by atoms with van der Waals surface area (Å²) in [4.78, 5) is 11.6. The standard InChI is InChI=1S/C15H14FNO3/c1-19-15(18)12-7-6-11(17)8-14(12)20-9-10-4-2-3-5-13(10)16/h2-8H,9,17H2,1H3. The highest BCUT2D eigenvalue weighted by atomic mass is 19.1. The molecule has 0 heterocycles. The minimum absolute atomic E-state index is 0.000120. The van der Waals surface area contributed by atoms with Crippen LogP contribution in [-0.2, 0) is 11.3 Å². The number of halogens is 1. The number of rotatable bonds is 4. The lowest BCUT2D eigenvalue weighted by Gasteiger charge is -2.11. The molecule has 2 rings (SSSR count). The van der Waals surface area contributed by atoms with E-state index < -0.39 is 5.97 Å². The maximum atomic E-state index is 13.5. The molecule has 0 saturated heterocycles. The number of methoxy groups -OCH3 is 1. The van der Waals surface area contributed by atoms with Crippen molar-refractivity contribution >= 4 is 11.7 Å². The summed E-state index contributed by atoms with van der Waals surface area (Å²) in [5.74, 6) is -0.635. The lowest BCUT2D eigenvalue weighted by Crippen LogP contribution is -2.07. The third-order valence-corrected chi connectivity index (χ3v) is 2.75. The van der Waals surface area contributed by atoms with Crippen LogP contribution in [0.2, 0.25) is 0 Å². The number of hydrogen-bond donors (Lipinski definition) is 1. The average Bonchev–Trinajstić information content (AvgIpc) is 2.46. The van der Waals surface area contributed by atoms with E-state index in [1.54, 1.807) is 24.3 Å². The third kappa shape index (κ3) is 3.06. The van der Waals surface area contributed by atoms with Gasteiger partial charge in [0.25, 0.3) is 0 Å². The molecule has 0 unspecified atom stereocenters. The van der Waals surface area contributed by atoms with Crippen LogP contribution in [0.15, 0.2) is 42.5 Å². The highest BCUT2D eigenvalue weighted by Crippen LogP contribution is 2.24. The molecule has 2 aromatic carbocycles. The quantitative estimate of drug-likeness (QED) is 0.688. The van der Waals surface area contributed by atoms with Gasteiger partial charge in [-0.3, -0.25) is 0 Å². The maximum absolute atomic E-state index is 13.5. The van der Waals surface area contributed by atoms with E-state index in [-0.39, 0.29) is 23.7 Å². The monoisotopic (exact) mass is 275 g/mol. The molecule has 4 nitrogen and oxygen atoms in total. The molecule has 0 aliphatic rings. The van der Waals surface area contributed by atoms with Gasteiger partial charge in [-0.1, -0.05) is 18.2 Å². The van der Waals surface area contributed by atoms with Crippen LogP contribution in [0, 0.1) is 5.82 Å². The Morgan fingerprint density at radius 2 is 2.00 bits per heavy atom. The van der Waals surface area contributed by atoms with Crippen LogP contribution in [0.3, 0.4) is 0 Å². The van der Waals surface area contributed by atoms with E-state index in [4.69, 9.17) is 10.5 Å². The number of nitrogen functional groups attached to an aromatic ring is 1. The fourth-order valence-corrected chi connectivity index (χ4v) is 1.71. The third-order valence-electron chi connectivity index (χ3n) is 2.75. The molecule has 0 radical (unpaired) electrons. The van der Waals surface area contributed by atoms with Gasteiger partial charge in [-0.15, -0.1) is 0 Å². The predicted octanol–water partition coefficient (Wildman–Crippen LogP) is 2.77. The molecule has 0 aromatic heterocycles. The van der Waals surface area contributed by atoms with Crippen molar-refractivity contribution in [2.75, 3.05) is 12.8 Å². The molecule has 0 spiro atoms. The summed E-state index contributed by atoms with van der Waals surface area (Å²) in [6, 6.07) is 10.9. The molecular weight excluding hydrogens is 261 g/mol. The van der Waals surface area contributed by atoms with Crippen molar-refractivity contribution in [3.05, 3.63) is 59.4 Å². The molecule has 0 saturated carbocycles. The topological polar surface area (TPSA) is 61.5 Å². The van der Waals surface area contributed by atoms with Crippen molar-refractivity contribution in [1.82, 2.24) is 0 Å². The highest BCUT2D eigenvalue weighted by Gasteiger charge is 2.14. The number of carbonyl (C=O) groups is 1. The SMILES string of the molecule is COC(=O)c1ccc(N)cc1OCc1ccccc1F.